The van der Waals surface area contributed by atoms with E-state index in [2.05, 4.69) is 21.4 Å². The van der Waals surface area contributed by atoms with E-state index in [1.807, 2.05) is 25.3 Å². The summed E-state index contributed by atoms with van der Waals surface area (Å²) in [5.41, 5.74) is 3.09. The summed E-state index contributed by atoms with van der Waals surface area (Å²) in [6.07, 6.45) is 1.77. The zero-order valence-electron chi connectivity index (χ0n) is 9.69. The van der Waals surface area contributed by atoms with Crippen LogP contribution in [-0.2, 0) is 6.54 Å². The monoisotopic (exact) mass is 244 g/mol. The van der Waals surface area contributed by atoms with Crippen molar-refractivity contribution >= 4 is 17.0 Å². The first-order chi connectivity index (χ1) is 8.20. The topological polar surface area (TPSA) is 61.6 Å². The number of rotatable bonds is 3. The van der Waals surface area contributed by atoms with E-state index in [0.717, 1.165) is 22.1 Å². The second-order valence-electron chi connectivity index (χ2n) is 3.66. The number of nitriles is 1. The van der Waals surface area contributed by atoms with Crippen molar-refractivity contribution in [3.63, 3.8) is 0 Å². The van der Waals surface area contributed by atoms with E-state index in [-0.39, 0.29) is 0 Å². The summed E-state index contributed by atoms with van der Waals surface area (Å²) in [4.78, 5) is 8.46. The summed E-state index contributed by atoms with van der Waals surface area (Å²) >= 11 is 1.59. The number of aryl methyl sites for hydroxylation is 2. The van der Waals surface area contributed by atoms with Gasteiger partial charge in [0, 0.05) is 17.3 Å². The molecule has 4 nitrogen and oxygen atoms in total. The molecule has 2 aromatic rings. The summed E-state index contributed by atoms with van der Waals surface area (Å²) < 4.78 is 0. The Kier molecular flexibility index (Phi) is 3.35. The van der Waals surface area contributed by atoms with Gasteiger partial charge < -0.3 is 5.32 Å². The van der Waals surface area contributed by atoms with Crippen molar-refractivity contribution in [3.05, 3.63) is 39.6 Å². The summed E-state index contributed by atoms with van der Waals surface area (Å²) in [7, 11) is 0. The van der Waals surface area contributed by atoms with Crippen LogP contribution in [0.3, 0.4) is 0 Å². The average molecular weight is 244 g/mol. The van der Waals surface area contributed by atoms with E-state index in [1.165, 1.54) is 0 Å². The third-order valence-electron chi connectivity index (χ3n) is 2.35. The van der Waals surface area contributed by atoms with Crippen LogP contribution in [0, 0.1) is 25.2 Å². The van der Waals surface area contributed by atoms with E-state index in [0.29, 0.717) is 12.1 Å². The lowest BCUT2D eigenvalue weighted by Crippen LogP contribution is -2.04. The highest BCUT2D eigenvalue weighted by Crippen LogP contribution is 2.19. The molecule has 86 valence electrons. The van der Waals surface area contributed by atoms with Crippen molar-refractivity contribution in [3.8, 4) is 6.07 Å². The standard InChI is InChI=1S/C12H12N4S/c1-8-5-11(10(6-13)9(2)16-8)15-7-12-14-3-4-17-12/h3-5H,7H2,1-2H3,(H,15,16). The van der Waals surface area contributed by atoms with E-state index < -0.39 is 0 Å². The third kappa shape index (κ3) is 2.60. The van der Waals surface area contributed by atoms with Gasteiger partial charge in [0.1, 0.15) is 11.1 Å². The first-order valence-corrected chi connectivity index (χ1v) is 6.09. The predicted molar refractivity (Wildman–Crippen MR) is 67.9 cm³/mol. The van der Waals surface area contributed by atoms with Crippen LogP contribution in [0.1, 0.15) is 22.0 Å². The minimum Gasteiger partial charge on any atom is -0.377 e. The molecule has 0 amide bonds. The normalized spacial score (nSPS) is 9.94. The van der Waals surface area contributed by atoms with Crippen molar-refractivity contribution in [1.82, 2.24) is 9.97 Å². The molecule has 0 saturated heterocycles. The lowest BCUT2D eigenvalue weighted by molar-refractivity contribution is 1.07. The van der Waals surface area contributed by atoms with Gasteiger partial charge >= 0.3 is 0 Å². The van der Waals surface area contributed by atoms with Crippen LogP contribution in [0.15, 0.2) is 17.6 Å². The molecule has 0 aliphatic heterocycles. The van der Waals surface area contributed by atoms with Gasteiger partial charge in [0.25, 0.3) is 0 Å². The van der Waals surface area contributed by atoms with Gasteiger partial charge in [0.15, 0.2) is 0 Å². The Hall–Kier alpha value is -1.93. The molecular formula is C12H12N4S. The van der Waals surface area contributed by atoms with E-state index in [9.17, 15) is 0 Å². The van der Waals surface area contributed by atoms with E-state index in [4.69, 9.17) is 5.26 Å². The van der Waals surface area contributed by atoms with Crippen LogP contribution in [0.4, 0.5) is 5.69 Å². The van der Waals surface area contributed by atoms with E-state index >= 15 is 0 Å². The van der Waals surface area contributed by atoms with Crippen molar-refractivity contribution in [2.75, 3.05) is 5.32 Å². The first-order valence-electron chi connectivity index (χ1n) is 5.21. The fraction of sp³-hybridized carbons (Fsp3) is 0.250. The number of thiazole rings is 1. The molecule has 2 rings (SSSR count). The van der Waals surface area contributed by atoms with Gasteiger partial charge in [-0.25, -0.2) is 4.98 Å². The molecule has 1 N–H and O–H groups in total. The lowest BCUT2D eigenvalue weighted by atomic mass is 10.1. The van der Waals surface area contributed by atoms with Crippen LogP contribution in [-0.4, -0.2) is 9.97 Å². The maximum absolute atomic E-state index is 9.10. The molecule has 0 bridgehead atoms. The maximum atomic E-state index is 9.10. The molecule has 5 heteroatoms. The molecular weight excluding hydrogens is 232 g/mol. The number of hydrogen-bond donors (Lipinski definition) is 1. The highest BCUT2D eigenvalue weighted by atomic mass is 32.1. The van der Waals surface area contributed by atoms with Crippen LogP contribution in [0.5, 0.6) is 0 Å². The number of nitrogens with zero attached hydrogens (tertiary/aromatic N) is 3. The van der Waals surface area contributed by atoms with E-state index in [1.54, 1.807) is 17.5 Å². The average Bonchev–Trinajstić information content (AvgIpc) is 2.78. The molecule has 0 aliphatic rings. The number of anilines is 1. The Morgan fingerprint density at radius 2 is 2.29 bits per heavy atom. The SMILES string of the molecule is Cc1cc(NCc2nccs2)c(C#N)c(C)n1. The number of nitrogens with one attached hydrogen (secondary N) is 1. The van der Waals surface area contributed by atoms with Crippen LogP contribution in [0.2, 0.25) is 0 Å². The highest BCUT2D eigenvalue weighted by Gasteiger charge is 2.08. The molecule has 0 aromatic carbocycles. The summed E-state index contributed by atoms with van der Waals surface area (Å²) in [6.45, 7) is 4.40. The second kappa shape index (κ2) is 4.93. The summed E-state index contributed by atoms with van der Waals surface area (Å²) in [5.74, 6) is 0. The van der Waals surface area contributed by atoms with Gasteiger partial charge in [-0.1, -0.05) is 0 Å². The summed E-state index contributed by atoms with van der Waals surface area (Å²) in [5, 5.41) is 15.3. The minimum absolute atomic E-state index is 0.604. The Balaban J connectivity index is 2.23. The van der Waals surface area contributed by atoms with Crippen LogP contribution in [0.25, 0.3) is 0 Å². The number of pyridine rings is 1. The predicted octanol–water partition coefficient (Wildman–Crippen LogP) is 2.64. The lowest BCUT2D eigenvalue weighted by Gasteiger charge is -2.09. The molecule has 17 heavy (non-hydrogen) atoms. The van der Waals surface area contributed by atoms with Gasteiger partial charge in [0.2, 0.25) is 0 Å². The Morgan fingerprint density at radius 3 is 2.94 bits per heavy atom. The number of hydrogen-bond acceptors (Lipinski definition) is 5. The van der Waals surface area contributed by atoms with Crippen molar-refractivity contribution in [1.29, 1.82) is 5.26 Å². The molecule has 2 heterocycles. The van der Waals surface area contributed by atoms with Crippen LogP contribution >= 0.6 is 11.3 Å². The first kappa shape index (κ1) is 11.6. The van der Waals surface area contributed by atoms with Crippen molar-refractivity contribution in [2.24, 2.45) is 0 Å². The highest BCUT2D eigenvalue weighted by molar-refractivity contribution is 7.09. The molecule has 0 fully saturated rings. The molecule has 0 radical (unpaired) electrons. The molecule has 0 spiro atoms. The second-order valence-corrected chi connectivity index (χ2v) is 4.64. The molecule has 2 aromatic heterocycles. The van der Waals surface area contributed by atoms with Gasteiger partial charge in [-0.05, 0) is 19.9 Å². The fourth-order valence-corrected chi connectivity index (χ4v) is 2.18. The van der Waals surface area contributed by atoms with Crippen LogP contribution < -0.4 is 5.32 Å². The van der Waals surface area contributed by atoms with Gasteiger partial charge in [0.05, 0.1) is 23.5 Å². The summed E-state index contributed by atoms with van der Waals surface area (Å²) in [6, 6.07) is 4.07. The van der Waals surface area contributed by atoms with Gasteiger partial charge in [-0.15, -0.1) is 11.3 Å². The van der Waals surface area contributed by atoms with Gasteiger partial charge in [-0.2, -0.15) is 5.26 Å². The van der Waals surface area contributed by atoms with Gasteiger partial charge in [-0.3, -0.25) is 4.98 Å². The Labute approximate surface area is 104 Å². The minimum atomic E-state index is 0.604. The molecule has 0 unspecified atom stereocenters. The number of aromatic nitrogens is 2. The fourth-order valence-electron chi connectivity index (χ4n) is 1.62. The quantitative estimate of drug-likeness (QED) is 0.901. The third-order valence-corrected chi connectivity index (χ3v) is 3.13. The smallest absolute Gasteiger partial charge is 0.112 e. The zero-order chi connectivity index (χ0) is 12.3. The molecule has 0 atom stereocenters. The molecule has 0 saturated carbocycles. The largest absolute Gasteiger partial charge is 0.377 e. The Morgan fingerprint density at radius 1 is 1.47 bits per heavy atom. The van der Waals surface area contributed by atoms with Crippen molar-refractivity contribution < 1.29 is 0 Å². The maximum Gasteiger partial charge on any atom is 0.112 e. The molecule has 0 aliphatic carbocycles. The zero-order valence-corrected chi connectivity index (χ0v) is 10.5. The Bertz CT molecular complexity index is 555. The van der Waals surface area contributed by atoms with Crippen molar-refractivity contribution in [2.45, 2.75) is 20.4 Å².